The minimum absolute atomic E-state index is 0.135. The van der Waals surface area contributed by atoms with E-state index in [-0.39, 0.29) is 16.7 Å². The molecule has 1 N–H and O–H groups in total. The number of benzene rings is 1. The number of H-pyrrole nitrogens is 1. The summed E-state index contributed by atoms with van der Waals surface area (Å²) in [6.07, 6.45) is 1.44. The number of aromatic nitrogens is 3. The van der Waals surface area contributed by atoms with Crippen molar-refractivity contribution in [2.45, 2.75) is 0 Å². The van der Waals surface area contributed by atoms with Crippen LogP contribution in [0.3, 0.4) is 0 Å². The third-order valence-electron chi connectivity index (χ3n) is 3.91. The first kappa shape index (κ1) is 14.8. The molecule has 3 heterocycles. The lowest BCUT2D eigenvalue weighted by Gasteiger charge is -2.12. The molecule has 124 valence electrons. The number of hydroxylamine groups is 2. The smallest absolute Gasteiger partial charge is 0.324 e. The van der Waals surface area contributed by atoms with Crippen molar-refractivity contribution < 1.29 is 19.2 Å². The van der Waals surface area contributed by atoms with Gasteiger partial charge in [0.1, 0.15) is 5.56 Å². The fourth-order valence-corrected chi connectivity index (χ4v) is 2.64. The molecule has 4 rings (SSSR count). The maximum atomic E-state index is 12.3. The molecule has 2 aromatic heterocycles. The number of rotatable bonds is 2. The SMILES string of the molecule is Cn1ncc2[nH]c(=O)c(C(=O)ON3C(=O)c4ccccc4C3=O)cc21. The van der Waals surface area contributed by atoms with Gasteiger partial charge in [-0.2, -0.15) is 5.10 Å². The van der Waals surface area contributed by atoms with Gasteiger partial charge in [-0.3, -0.25) is 19.1 Å². The number of hydrogen-bond donors (Lipinski definition) is 1. The van der Waals surface area contributed by atoms with Gasteiger partial charge in [0.2, 0.25) is 0 Å². The largest absolute Gasteiger partial charge is 0.369 e. The zero-order chi connectivity index (χ0) is 17.7. The molecule has 1 aliphatic rings. The molecule has 2 amide bonds. The molecule has 9 nitrogen and oxygen atoms in total. The summed E-state index contributed by atoms with van der Waals surface area (Å²) in [6.45, 7) is 0. The van der Waals surface area contributed by atoms with Crippen LogP contribution in [0.25, 0.3) is 11.0 Å². The molecule has 0 fully saturated rings. The maximum Gasteiger partial charge on any atom is 0.369 e. The standard InChI is InChI=1S/C16H10N4O5/c1-19-12-6-10(13(21)18-11(12)7-17-19)16(24)25-20-14(22)8-4-2-3-5-9(8)15(20)23/h2-7H,1H3,(H,18,21). The van der Waals surface area contributed by atoms with Crippen LogP contribution < -0.4 is 5.56 Å². The molecule has 1 aliphatic heterocycles. The average molecular weight is 338 g/mol. The van der Waals surface area contributed by atoms with Gasteiger partial charge in [-0.05, 0) is 18.2 Å². The van der Waals surface area contributed by atoms with Crippen LogP contribution in [0, 0.1) is 0 Å². The highest BCUT2D eigenvalue weighted by Gasteiger charge is 2.39. The fourth-order valence-electron chi connectivity index (χ4n) is 2.64. The monoisotopic (exact) mass is 338 g/mol. The molecule has 0 radical (unpaired) electrons. The van der Waals surface area contributed by atoms with Crippen LogP contribution in [0.15, 0.2) is 41.3 Å². The van der Waals surface area contributed by atoms with Crippen LogP contribution in [-0.4, -0.2) is 37.6 Å². The number of aromatic amines is 1. The van der Waals surface area contributed by atoms with Gasteiger partial charge < -0.3 is 9.82 Å². The lowest BCUT2D eigenvalue weighted by molar-refractivity contribution is -0.0585. The van der Waals surface area contributed by atoms with E-state index >= 15 is 0 Å². The number of nitrogens with zero attached hydrogens (tertiary/aromatic N) is 3. The molecular formula is C16H10N4O5. The van der Waals surface area contributed by atoms with Gasteiger partial charge in [0.05, 0.1) is 28.4 Å². The Balaban J connectivity index is 1.69. The van der Waals surface area contributed by atoms with Crippen LogP contribution >= 0.6 is 0 Å². The van der Waals surface area contributed by atoms with Crippen molar-refractivity contribution in [1.82, 2.24) is 19.8 Å². The van der Waals surface area contributed by atoms with Crippen molar-refractivity contribution in [2.24, 2.45) is 7.05 Å². The zero-order valence-corrected chi connectivity index (χ0v) is 12.8. The summed E-state index contributed by atoms with van der Waals surface area (Å²) in [6, 6.07) is 7.39. The first-order chi connectivity index (χ1) is 12.0. The Morgan fingerprint density at radius 3 is 2.40 bits per heavy atom. The first-order valence-electron chi connectivity index (χ1n) is 7.22. The van der Waals surface area contributed by atoms with Gasteiger partial charge in [0, 0.05) is 7.05 Å². The van der Waals surface area contributed by atoms with E-state index in [0.29, 0.717) is 16.1 Å². The van der Waals surface area contributed by atoms with E-state index in [4.69, 9.17) is 4.84 Å². The molecule has 0 saturated heterocycles. The van der Waals surface area contributed by atoms with E-state index in [9.17, 15) is 19.2 Å². The highest BCUT2D eigenvalue weighted by molar-refractivity contribution is 6.21. The fraction of sp³-hybridized carbons (Fsp3) is 0.0625. The maximum absolute atomic E-state index is 12.3. The van der Waals surface area contributed by atoms with Gasteiger partial charge >= 0.3 is 5.97 Å². The summed E-state index contributed by atoms with van der Waals surface area (Å²) < 4.78 is 1.46. The number of aryl methyl sites for hydroxylation is 1. The van der Waals surface area contributed by atoms with Crippen LogP contribution in [0.5, 0.6) is 0 Å². The number of hydrogen-bond acceptors (Lipinski definition) is 6. The topological polar surface area (TPSA) is 114 Å². The first-order valence-corrected chi connectivity index (χ1v) is 7.22. The number of carbonyl (C=O) groups excluding carboxylic acids is 3. The predicted octanol–water partition coefficient (Wildman–Crippen LogP) is 0.630. The number of nitrogens with one attached hydrogen (secondary N) is 1. The quantitative estimate of drug-likeness (QED) is 0.686. The highest BCUT2D eigenvalue weighted by Crippen LogP contribution is 2.23. The summed E-state index contributed by atoms with van der Waals surface area (Å²) in [5, 5.41) is 4.33. The van der Waals surface area contributed by atoms with E-state index in [0.717, 1.165) is 0 Å². The van der Waals surface area contributed by atoms with Gasteiger partial charge in [-0.15, -0.1) is 0 Å². The Morgan fingerprint density at radius 2 is 1.76 bits per heavy atom. The highest BCUT2D eigenvalue weighted by atomic mass is 16.7. The Hall–Kier alpha value is -3.75. The van der Waals surface area contributed by atoms with Crippen molar-refractivity contribution in [2.75, 3.05) is 0 Å². The van der Waals surface area contributed by atoms with E-state index in [2.05, 4.69) is 10.1 Å². The van der Waals surface area contributed by atoms with Gasteiger partial charge in [-0.25, -0.2) is 4.79 Å². The molecule has 0 saturated carbocycles. The summed E-state index contributed by atoms with van der Waals surface area (Å²) in [5.41, 5.74) is 0.168. The molecular weight excluding hydrogens is 328 g/mol. The summed E-state index contributed by atoms with van der Waals surface area (Å²) in [7, 11) is 1.64. The second kappa shape index (κ2) is 5.13. The average Bonchev–Trinajstić information content (AvgIpc) is 3.07. The van der Waals surface area contributed by atoms with Crippen LogP contribution in [-0.2, 0) is 11.9 Å². The van der Waals surface area contributed by atoms with Crippen molar-refractivity contribution >= 4 is 28.8 Å². The molecule has 0 spiro atoms. The van der Waals surface area contributed by atoms with Gasteiger partial charge in [-0.1, -0.05) is 17.2 Å². The number of carbonyl (C=O) groups is 3. The zero-order valence-electron chi connectivity index (χ0n) is 12.8. The minimum atomic E-state index is -1.11. The summed E-state index contributed by atoms with van der Waals surface area (Å²) >= 11 is 0. The number of fused-ring (bicyclic) bond motifs is 2. The molecule has 0 aliphatic carbocycles. The van der Waals surface area contributed by atoms with E-state index in [1.165, 1.54) is 29.1 Å². The third kappa shape index (κ3) is 2.13. The Labute approximate surface area is 139 Å². The Morgan fingerprint density at radius 1 is 1.12 bits per heavy atom. The lowest BCUT2D eigenvalue weighted by Crippen LogP contribution is -2.34. The Bertz CT molecular complexity index is 1090. The Kier molecular flexibility index (Phi) is 3.04. The van der Waals surface area contributed by atoms with Crippen molar-refractivity contribution in [3.8, 4) is 0 Å². The molecule has 0 bridgehead atoms. The van der Waals surface area contributed by atoms with Gasteiger partial charge in [0.25, 0.3) is 17.4 Å². The van der Waals surface area contributed by atoms with E-state index in [1.807, 2.05) is 0 Å². The number of pyridine rings is 1. The lowest BCUT2D eigenvalue weighted by atomic mass is 10.1. The van der Waals surface area contributed by atoms with Gasteiger partial charge in [0.15, 0.2) is 0 Å². The molecule has 9 heteroatoms. The predicted molar refractivity (Wildman–Crippen MR) is 83.7 cm³/mol. The third-order valence-corrected chi connectivity index (χ3v) is 3.91. The normalized spacial score (nSPS) is 13.4. The van der Waals surface area contributed by atoms with E-state index < -0.39 is 23.3 Å². The van der Waals surface area contributed by atoms with Crippen molar-refractivity contribution in [1.29, 1.82) is 0 Å². The molecule has 0 unspecified atom stereocenters. The van der Waals surface area contributed by atoms with Crippen LogP contribution in [0.2, 0.25) is 0 Å². The number of imide groups is 1. The van der Waals surface area contributed by atoms with Crippen molar-refractivity contribution in [3.63, 3.8) is 0 Å². The summed E-state index contributed by atoms with van der Waals surface area (Å²) in [4.78, 5) is 56.2. The van der Waals surface area contributed by atoms with Crippen molar-refractivity contribution in [3.05, 3.63) is 63.6 Å². The van der Waals surface area contributed by atoms with Crippen LogP contribution in [0.1, 0.15) is 31.1 Å². The molecule has 25 heavy (non-hydrogen) atoms. The minimum Gasteiger partial charge on any atom is -0.324 e. The second-order valence-electron chi connectivity index (χ2n) is 5.41. The molecule has 3 aromatic rings. The van der Waals surface area contributed by atoms with Crippen LogP contribution in [0.4, 0.5) is 0 Å². The second-order valence-corrected chi connectivity index (χ2v) is 5.41. The summed E-state index contributed by atoms with van der Waals surface area (Å²) in [5.74, 6) is -2.63. The molecule has 1 aromatic carbocycles. The van der Waals surface area contributed by atoms with E-state index in [1.54, 1.807) is 19.2 Å². The molecule has 0 atom stereocenters. The number of amides is 2.